The minimum absolute atomic E-state index is 0.123. The molecule has 1 unspecified atom stereocenters. The van der Waals surface area contributed by atoms with Gasteiger partial charge in [0.2, 0.25) is 11.9 Å². The van der Waals surface area contributed by atoms with Crippen molar-refractivity contribution in [3.63, 3.8) is 0 Å². The summed E-state index contributed by atoms with van der Waals surface area (Å²) in [5, 5.41) is 29.3. The minimum Gasteiger partial charge on any atom is -0.467 e. The molecular formula is C11H15NO6. The molecule has 0 fully saturated rings. The van der Waals surface area contributed by atoms with Gasteiger partial charge in [0.25, 0.3) is 0 Å². The molecular weight excluding hydrogens is 242 g/mol. The maximum absolute atomic E-state index is 11.2. The van der Waals surface area contributed by atoms with Gasteiger partial charge in [0.15, 0.2) is 6.29 Å². The smallest absolute Gasteiger partial charge is 0.340 e. The number of aliphatic hydroxyl groups excluding tert-OH is 1. The number of aldehydes is 1. The van der Waals surface area contributed by atoms with E-state index in [1.165, 1.54) is 13.8 Å². The molecule has 0 saturated heterocycles. The van der Waals surface area contributed by atoms with Crippen molar-refractivity contribution in [2.24, 2.45) is 0 Å². The first-order valence-electron chi connectivity index (χ1n) is 5.12. The molecule has 1 aromatic rings. The molecule has 0 aliphatic carbocycles. The molecule has 1 atom stereocenters. The predicted octanol–water partition coefficient (Wildman–Crippen LogP) is -0.885. The Labute approximate surface area is 103 Å². The first-order chi connectivity index (χ1) is 8.27. The fraction of sp³-hybridized carbons (Fsp3) is 0.455. The number of hydrogen-bond acceptors (Lipinski definition) is 6. The number of esters is 1. The summed E-state index contributed by atoms with van der Waals surface area (Å²) in [5.41, 5.74) is 0.535. The van der Waals surface area contributed by atoms with E-state index in [4.69, 9.17) is 0 Å². The van der Waals surface area contributed by atoms with Crippen LogP contribution in [0.25, 0.3) is 0 Å². The van der Waals surface area contributed by atoms with Gasteiger partial charge in [0.05, 0.1) is 12.8 Å². The molecule has 0 saturated carbocycles. The molecule has 1 heterocycles. The van der Waals surface area contributed by atoms with Crippen LogP contribution in [0, 0.1) is 13.8 Å². The molecule has 7 heteroatoms. The molecule has 0 aliphatic rings. The molecule has 0 bridgehead atoms. The molecule has 18 heavy (non-hydrogen) atoms. The summed E-state index contributed by atoms with van der Waals surface area (Å²) in [6.07, 6.45) is -1.66. The summed E-state index contributed by atoms with van der Waals surface area (Å²) in [7, 11) is 1.01. The Balaban J connectivity index is 3.31. The third-order valence-corrected chi connectivity index (χ3v) is 2.77. The van der Waals surface area contributed by atoms with E-state index in [1.54, 1.807) is 0 Å². The van der Waals surface area contributed by atoms with Gasteiger partial charge in [-0.2, -0.15) is 0 Å². The van der Waals surface area contributed by atoms with Crippen LogP contribution in [0.5, 0.6) is 0 Å². The van der Waals surface area contributed by atoms with Gasteiger partial charge in [-0.05, 0) is 19.4 Å². The number of aryl methyl sites for hydroxylation is 1. The Morgan fingerprint density at radius 3 is 2.39 bits per heavy atom. The van der Waals surface area contributed by atoms with Crippen LogP contribution >= 0.6 is 0 Å². The quantitative estimate of drug-likeness (QED) is 0.316. The molecule has 4 N–H and O–H groups in total. The van der Waals surface area contributed by atoms with Crippen molar-refractivity contribution >= 4 is 12.3 Å². The fourth-order valence-electron chi connectivity index (χ4n) is 1.86. The van der Waals surface area contributed by atoms with E-state index in [0.717, 1.165) is 7.11 Å². The zero-order valence-electron chi connectivity index (χ0n) is 10.2. The maximum atomic E-state index is 11.2. The van der Waals surface area contributed by atoms with E-state index in [2.05, 4.69) is 9.72 Å². The van der Waals surface area contributed by atoms with E-state index in [1.807, 2.05) is 0 Å². The average molecular weight is 257 g/mol. The van der Waals surface area contributed by atoms with Crippen molar-refractivity contribution < 1.29 is 29.6 Å². The summed E-state index contributed by atoms with van der Waals surface area (Å²) in [5.74, 6) is -4.02. The topological polar surface area (TPSA) is 120 Å². The Morgan fingerprint density at radius 2 is 2.00 bits per heavy atom. The second kappa shape index (κ2) is 4.89. The minimum atomic E-state index is -2.83. The van der Waals surface area contributed by atoms with Crippen molar-refractivity contribution in [2.45, 2.75) is 25.7 Å². The fourth-order valence-corrected chi connectivity index (χ4v) is 1.86. The van der Waals surface area contributed by atoms with Gasteiger partial charge >= 0.3 is 5.97 Å². The summed E-state index contributed by atoms with van der Waals surface area (Å²) in [4.78, 5) is 24.5. The Hall–Kier alpha value is -1.70. The number of carbonyl (C=O) groups excluding carboxylic acids is 2. The average Bonchev–Trinajstić information content (AvgIpc) is 2.62. The number of ether oxygens (including phenoxy) is 1. The van der Waals surface area contributed by atoms with Crippen LogP contribution < -0.4 is 0 Å². The number of aromatic nitrogens is 1. The highest BCUT2D eigenvalue weighted by Crippen LogP contribution is 2.30. The van der Waals surface area contributed by atoms with Gasteiger partial charge in [-0.3, -0.25) is 4.79 Å². The molecule has 0 radical (unpaired) electrons. The van der Waals surface area contributed by atoms with Crippen LogP contribution in [0.15, 0.2) is 0 Å². The predicted molar refractivity (Wildman–Crippen MR) is 59.8 cm³/mol. The molecule has 1 rings (SSSR count). The third kappa shape index (κ3) is 2.15. The number of methoxy groups -OCH3 is 1. The lowest BCUT2D eigenvalue weighted by atomic mass is 9.96. The molecule has 0 spiro atoms. The standard InChI is InChI=1S/C11H15NO6/c1-5-7(4-13)12-6(2)8(5)11(16,17)9(14)10(15)18-3/h4,9,12,14,16-17H,1-3H3. The van der Waals surface area contributed by atoms with Crippen molar-refractivity contribution in [1.82, 2.24) is 4.98 Å². The highest BCUT2D eigenvalue weighted by Gasteiger charge is 2.44. The number of H-pyrrole nitrogens is 1. The van der Waals surface area contributed by atoms with E-state index in [-0.39, 0.29) is 22.5 Å². The number of rotatable bonds is 4. The zero-order valence-corrected chi connectivity index (χ0v) is 10.2. The summed E-state index contributed by atoms with van der Waals surface area (Å²) < 4.78 is 4.24. The maximum Gasteiger partial charge on any atom is 0.340 e. The Kier molecular flexibility index (Phi) is 3.90. The Bertz CT molecular complexity index is 476. The van der Waals surface area contributed by atoms with E-state index in [0.29, 0.717) is 6.29 Å². The largest absolute Gasteiger partial charge is 0.467 e. The van der Waals surface area contributed by atoms with E-state index < -0.39 is 17.9 Å². The van der Waals surface area contributed by atoms with Crippen molar-refractivity contribution in [3.05, 3.63) is 22.5 Å². The lowest BCUT2D eigenvalue weighted by Crippen LogP contribution is -2.45. The zero-order chi connectivity index (χ0) is 14.1. The summed E-state index contributed by atoms with van der Waals surface area (Å²) in [6.45, 7) is 2.95. The second-order valence-corrected chi connectivity index (χ2v) is 3.93. The van der Waals surface area contributed by atoms with Gasteiger partial charge in [-0.25, -0.2) is 4.79 Å². The molecule has 1 aromatic heterocycles. The van der Waals surface area contributed by atoms with Crippen molar-refractivity contribution in [1.29, 1.82) is 0 Å². The van der Waals surface area contributed by atoms with Crippen molar-refractivity contribution in [2.75, 3.05) is 7.11 Å². The summed E-state index contributed by atoms with van der Waals surface area (Å²) >= 11 is 0. The molecule has 0 aromatic carbocycles. The van der Waals surface area contributed by atoms with Crippen LogP contribution in [0.4, 0.5) is 0 Å². The van der Waals surface area contributed by atoms with E-state index >= 15 is 0 Å². The molecule has 0 amide bonds. The van der Waals surface area contributed by atoms with Gasteiger partial charge in [0.1, 0.15) is 0 Å². The van der Waals surface area contributed by atoms with Crippen LogP contribution in [0.1, 0.15) is 27.3 Å². The first-order valence-corrected chi connectivity index (χ1v) is 5.12. The lowest BCUT2D eigenvalue weighted by Gasteiger charge is -2.26. The number of hydrogen-bond donors (Lipinski definition) is 4. The monoisotopic (exact) mass is 257 g/mol. The van der Waals surface area contributed by atoms with Gasteiger partial charge in [-0.15, -0.1) is 0 Å². The number of carbonyl (C=O) groups is 2. The third-order valence-electron chi connectivity index (χ3n) is 2.77. The molecule has 0 aliphatic heterocycles. The SMILES string of the molecule is COC(=O)C(O)C(O)(O)c1c(C)[nH]c(C=O)c1C. The normalized spacial score (nSPS) is 13.2. The highest BCUT2D eigenvalue weighted by atomic mass is 16.6. The van der Waals surface area contributed by atoms with Gasteiger partial charge < -0.3 is 25.0 Å². The summed E-state index contributed by atoms with van der Waals surface area (Å²) in [6, 6.07) is 0. The van der Waals surface area contributed by atoms with Gasteiger partial charge in [0, 0.05) is 11.3 Å². The molecule has 7 nitrogen and oxygen atoms in total. The van der Waals surface area contributed by atoms with Crippen LogP contribution in [-0.4, -0.2) is 45.8 Å². The number of aliphatic hydroxyl groups is 3. The van der Waals surface area contributed by atoms with Crippen molar-refractivity contribution in [3.8, 4) is 0 Å². The molecule has 100 valence electrons. The second-order valence-electron chi connectivity index (χ2n) is 3.93. The van der Waals surface area contributed by atoms with Crippen LogP contribution in [0.2, 0.25) is 0 Å². The van der Waals surface area contributed by atoms with Gasteiger partial charge in [-0.1, -0.05) is 0 Å². The van der Waals surface area contributed by atoms with Crippen LogP contribution in [0.3, 0.4) is 0 Å². The Morgan fingerprint density at radius 1 is 1.44 bits per heavy atom. The lowest BCUT2D eigenvalue weighted by molar-refractivity contribution is -0.239. The van der Waals surface area contributed by atoms with E-state index in [9.17, 15) is 24.9 Å². The highest BCUT2D eigenvalue weighted by molar-refractivity contribution is 5.78. The van der Waals surface area contributed by atoms with Crippen LogP contribution in [-0.2, 0) is 15.3 Å². The number of aromatic amines is 1. The first kappa shape index (κ1) is 14.4. The number of nitrogens with one attached hydrogen (secondary N) is 1.